The summed E-state index contributed by atoms with van der Waals surface area (Å²) in [4.78, 5) is 22.4. The summed E-state index contributed by atoms with van der Waals surface area (Å²) in [6.45, 7) is 2.70. The van der Waals surface area contributed by atoms with E-state index in [0.29, 0.717) is 25.3 Å². The zero-order chi connectivity index (χ0) is 15.0. The van der Waals surface area contributed by atoms with Gasteiger partial charge in [0.15, 0.2) is 11.6 Å². The van der Waals surface area contributed by atoms with Crippen molar-refractivity contribution in [3.05, 3.63) is 58.7 Å². The summed E-state index contributed by atoms with van der Waals surface area (Å²) in [7, 11) is 0. The lowest BCUT2D eigenvalue weighted by atomic mass is 10.1. The number of amides is 1. The number of nitrogens with zero attached hydrogens (tertiary/aromatic N) is 3. The first-order valence-corrected chi connectivity index (χ1v) is 6.60. The van der Waals surface area contributed by atoms with Gasteiger partial charge in [0.05, 0.1) is 5.69 Å². The number of hydrogen-bond acceptors (Lipinski definition) is 3. The molecule has 4 nitrogen and oxygen atoms in total. The van der Waals surface area contributed by atoms with Crippen LogP contribution in [0.2, 0.25) is 0 Å². The third-order valence-electron chi connectivity index (χ3n) is 3.51. The van der Waals surface area contributed by atoms with Crippen molar-refractivity contribution in [3.8, 4) is 0 Å². The molecule has 1 aliphatic rings. The van der Waals surface area contributed by atoms with Crippen molar-refractivity contribution in [3.63, 3.8) is 0 Å². The van der Waals surface area contributed by atoms with E-state index in [1.165, 1.54) is 6.07 Å². The van der Waals surface area contributed by atoms with Crippen molar-refractivity contribution >= 4 is 5.91 Å². The van der Waals surface area contributed by atoms with Gasteiger partial charge in [-0.2, -0.15) is 0 Å². The van der Waals surface area contributed by atoms with E-state index in [2.05, 4.69) is 9.97 Å². The molecule has 21 heavy (non-hydrogen) atoms. The fourth-order valence-corrected chi connectivity index (χ4v) is 2.40. The highest BCUT2D eigenvalue weighted by atomic mass is 19.2. The van der Waals surface area contributed by atoms with Gasteiger partial charge in [-0.3, -0.25) is 4.79 Å². The van der Waals surface area contributed by atoms with Crippen LogP contribution in [0.1, 0.15) is 27.4 Å². The molecule has 1 amide bonds. The second-order valence-electron chi connectivity index (χ2n) is 4.99. The molecule has 0 unspecified atom stereocenters. The second-order valence-corrected chi connectivity index (χ2v) is 4.99. The SMILES string of the molecule is Cc1ncc2c(n1)CCN(C(=O)c1ccc(F)c(F)c1)C2. The van der Waals surface area contributed by atoms with Crippen molar-refractivity contribution in [1.29, 1.82) is 0 Å². The lowest BCUT2D eigenvalue weighted by molar-refractivity contribution is 0.0732. The molecule has 3 rings (SSSR count). The van der Waals surface area contributed by atoms with Gasteiger partial charge in [0.25, 0.3) is 5.91 Å². The molecule has 108 valence electrons. The van der Waals surface area contributed by atoms with E-state index >= 15 is 0 Å². The van der Waals surface area contributed by atoms with Crippen LogP contribution in [0.3, 0.4) is 0 Å². The van der Waals surface area contributed by atoms with Gasteiger partial charge < -0.3 is 4.90 Å². The number of carbonyl (C=O) groups is 1. The first-order valence-electron chi connectivity index (χ1n) is 6.60. The first-order chi connectivity index (χ1) is 10.0. The van der Waals surface area contributed by atoms with Crippen molar-refractivity contribution in [2.45, 2.75) is 19.9 Å². The van der Waals surface area contributed by atoms with Crippen molar-refractivity contribution in [2.75, 3.05) is 6.54 Å². The molecule has 0 N–H and O–H groups in total. The molecule has 2 aromatic rings. The van der Waals surface area contributed by atoms with Crippen LogP contribution in [0.25, 0.3) is 0 Å². The number of benzene rings is 1. The summed E-state index contributed by atoms with van der Waals surface area (Å²) >= 11 is 0. The van der Waals surface area contributed by atoms with Gasteiger partial charge in [-0.15, -0.1) is 0 Å². The zero-order valence-electron chi connectivity index (χ0n) is 11.4. The molecule has 0 radical (unpaired) electrons. The molecule has 0 aliphatic carbocycles. The molecule has 0 atom stereocenters. The summed E-state index contributed by atoms with van der Waals surface area (Å²) in [5.41, 5.74) is 1.98. The van der Waals surface area contributed by atoms with E-state index in [-0.39, 0.29) is 11.5 Å². The van der Waals surface area contributed by atoms with Crippen LogP contribution >= 0.6 is 0 Å². The summed E-state index contributed by atoms with van der Waals surface area (Å²) in [5.74, 6) is -1.59. The van der Waals surface area contributed by atoms with Gasteiger partial charge in [-0.25, -0.2) is 18.7 Å². The maximum atomic E-state index is 13.2. The highest BCUT2D eigenvalue weighted by molar-refractivity contribution is 5.94. The Morgan fingerprint density at radius 2 is 2.10 bits per heavy atom. The lowest BCUT2D eigenvalue weighted by Gasteiger charge is -2.28. The normalized spacial score (nSPS) is 14.0. The molecule has 6 heteroatoms. The number of aromatic nitrogens is 2. The number of hydrogen-bond donors (Lipinski definition) is 0. The Bertz CT molecular complexity index is 718. The average molecular weight is 289 g/mol. The minimum atomic E-state index is -1.02. The lowest BCUT2D eigenvalue weighted by Crippen LogP contribution is -2.36. The molecular formula is C15H13F2N3O. The van der Waals surface area contributed by atoms with Gasteiger partial charge in [-0.05, 0) is 25.1 Å². The number of aryl methyl sites for hydroxylation is 1. The van der Waals surface area contributed by atoms with Crippen LogP contribution in [0, 0.1) is 18.6 Å². The predicted octanol–water partition coefficient (Wildman–Crippen LogP) is 2.26. The van der Waals surface area contributed by atoms with Crippen molar-refractivity contribution in [2.24, 2.45) is 0 Å². The minimum absolute atomic E-state index is 0.144. The maximum Gasteiger partial charge on any atom is 0.254 e. The number of carbonyl (C=O) groups excluding carboxylic acids is 1. The standard InChI is InChI=1S/C15H13F2N3O/c1-9-18-7-11-8-20(5-4-14(11)19-9)15(21)10-2-3-12(16)13(17)6-10/h2-3,6-7H,4-5,8H2,1H3. The van der Waals surface area contributed by atoms with Crippen LogP contribution < -0.4 is 0 Å². The highest BCUT2D eigenvalue weighted by Crippen LogP contribution is 2.19. The fourth-order valence-electron chi connectivity index (χ4n) is 2.40. The van der Waals surface area contributed by atoms with E-state index < -0.39 is 11.6 Å². The Labute approximate surface area is 120 Å². The quantitative estimate of drug-likeness (QED) is 0.809. The zero-order valence-corrected chi connectivity index (χ0v) is 11.4. The maximum absolute atomic E-state index is 13.2. The summed E-state index contributed by atoms with van der Waals surface area (Å²) in [6, 6.07) is 3.19. The molecule has 0 spiro atoms. The minimum Gasteiger partial charge on any atom is -0.334 e. The van der Waals surface area contributed by atoms with Gasteiger partial charge in [0, 0.05) is 36.8 Å². The molecular weight excluding hydrogens is 276 g/mol. The van der Waals surface area contributed by atoms with E-state index in [1.807, 2.05) is 6.92 Å². The first kappa shape index (κ1) is 13.6. The van der Waals surface area contributed by atoms with Crippen molar-refractivity contribution < 1.29 is 13.6 Å². The molecule has 1 aromatic carbocycles. The van der Waals surface area contributed by atoms with Crippen LogP contribution in [-0.2, 0) is 13.0 Å². The van der Waals surface area contributed by atoms with Crippen LogP contribution in [0.4, 0.5) is 8.78 Å². The van der Waals surface area contributed by atoms with Gasteiger partial charge in [0.1, 0.15) is 5.82 Å². The molecule has 0 saturated heterocycles. The Kier molecular flexibility index (Phi) is 3.37. The van der Waals surface area contributed by atoms with Crippen molar-refractivity contribution in [1.82, 2.24) is 14.9 Å². The number of fused-ring (bicyclic) bond motifs is 1. The van der Waals surface area contributed by atoms with Crippen LogP contribution in [0.5, 0.6) is 0 Å². The summed E-state index contributed by atoms with van der Waals surface area (Å²) < 4.78 is 26.1. The monoisotopic (exact) mass is 289 g/mol. The van der Waals surface area contributed by atoms with Crippen LogP contribution in [-0.4, -0.2) is 27.3 Å². The molecule has 1 aromatic heterocycles. The summed E-state index contributed by atoms with van der Waals surface area (Å²) in [6.07, 6.45) is 2.34. The smallest absolute Gasteiger partial charge is 0.254 e. The fraction of sp³-hybridized carbons (Fsp3) is 0.267. The largest absolute Gasteiger partial charge is 0.334 e. The Morgan fingerprint density at radius 3 is 2.86 bits per heavy atom. The molecule has 0 fully saturated rings. The predicted molar refractivity (Wildman–Crippen MR) is 71.6 cm³/mol. The average Bonchev–Trinajstić information content (AvgIpc) is 2.49. The van der Waals surface area contributed by atoms with Crippen LogP contribution in [0.15, 0.2) is 24.4 Å². The third kappa shape index (κ3) is 2.61. The van der Waals surface area contributed by atoms with E-state index in [1.54, 1.807) is 11.1 Å². The highest BCUT2D eigenvalue weighted by Gasteiger charge is 2.23. The van der Waals surface area contributed by atoms with E-state index in [4.69, 9.17) is 0 Å². The third-order valence-corrected chi connectivity index (χ3v) is 3.51. The molecule has 0 saturated carbocycles. The Morgan fingerprint density at radius 1 is 1.29 bits per heavy atom. The Balaban J connectivity index is 1.83. The molecule has 0 bridgehead atoms. The van der Waals surface area contributed by atoms with E-state index in [9.17, 15) is 13.6 Å². The number of halogens is 2. The Hall–Kier alpha value is -2.37. The summed E-state index contributed by atoms with van der Waals surface area (Å²) in [5, 5.41) is 0. The van der Waals surface area contributed by atoms with Gasteiger partial charge in [0.2, 0.25) is 0 Å². The topological polar surface area (TPSA) is 46.1 Å². The molecule has 2 heterocycles. The molecule has 1 aliphatic heterocycles. The second kappa shape index (κ2) is 5.20. The van der Waals surface area contributed by atoms with E-state index in [0.717, 1.165) is 23.4 Å². The number of rotatable bonds is 1. The van der Waals surface area contributed by atoms with Gasteiger partial charge in [-0.1, -0.05) is 0 Å². The van der Waals surface area contributed by atoms with Gasteiger partial charge >= 0.3 is 0 Å².